The zero-order valence-corrected chi connectivity index (χ0v) is 10.2. The van der Waals surface area contributed by atoms with Crippen molar-refractivity contribution < 1.29 is 0 Å². The molecule has 1 unspecified atom stereocenters. The molecular weight excluding hydrogens is 222 g/mol. The highest BCUT2D eigenvalue weighted by atomic mass is 15.1. The molecule has 0 amide bonds. The lowest BCUT2D eigenvalue weighted by Crippen LogP contribution is -2.05. The van der Waals surface area contributed by atoms with Crippen LogP contribution in [-0.2, 0) is 0 Å². The monoisotopic (exact) mass is 237 g/mol. The molecule has 3 aromatic rings. The first-order valence-electron chi connectivity index (χ1n) is 6.03. The molecule has 3 rings (SSSR count). The van der Waals surface area contributed by atoms with Crippen molar-refractivity contribution in [3.05, 3.63) is 60.4 Å². The predicted molar refractivity (Wildman–Crippen MR) is 74.4 cm³/mol. The van der Waals surface area contributed by atoms with Crippen LogP contribution >= 0.6 is 0 Å². The van der Waals surface area contributed by atoms with E-state index in [4.69, 9.17) is 5.73 Å². The Bertz CT molecular complexity index is 668. The molecule has 2 aromatic carbocycles. The third-order valence-electron chi connectivity index (χ3n) is 3.32. The second-order valence-corrected chi connectivity index (χ2v) is 4.48. The number of fused-ring (bicyclic) bond motifs is 1. The Labute approximate surface area is 106 Å². The summed E-state index contributed by atoms with van der Waals surface area (Å²) in [7, 11) is 0. The third-order valence-corrected chi connectivity index (χ3v) is 3.32. The Hall–Kier alpha value is -2.29. The van der Waals surface area contributed by atoms with E-state index in [1.54, 1.807) is 0 Å². The maximum atomic E-state index is 5.72. The van der Waals surface area contributed by atoms with Crippen molar-refractivity contribution in [3.63, 3.8) is 0 Å². The first kappa shape index (κ1) is 10.8. The number of nitrogens with two attached hydrogens (primary N) is 1. The fourth-order valence-corrected chi connectivity index (χ4v) is 2.22. The van der Waals surface area contributed by atoms with Gasteiger partial charge in [-0.1, -0.05) is 24.3 Å². The Morgan fingerprint density at radius 2 is 1.78 bits per heavy atom. The van der Waals surface area contributed by atoms with E-state index < -0.39 is 0 Å². The second-order valence-electron chi connectivity index (χ2n) is 4.48. The molecule has 0 radical (unpaired) electrons. The van der Waals surface area contributed by atoms with E-state index in [0.29, 0.717) is 0 Å². The van der Waals surface area contributed by atoms with Gasteiger partial charge < -0.3 is 10.3 Å². The van der Waals surface area contributed by atoms with Crippen molar-refractivity contribution in [1.29, 1.82) is 0 Å². The molecule has 0 spiro atoms. The Balaban J connectivity index is 2.06. The molecule has 0 saturated carbocycles. The van der Waals surface area contributed by atoms with Crippen molar-refractivity contribution in [1.82, 2.24) is 9.55 Å². The molecule has 0 aliphatic carbocycles. The maximum Gasteiger partial charge on any atom is 0.0964 e. The molecule has 0 bridgehead atoms. The van der Waals surface area contributed by atoms with Crippen LogP contribution < -0.4 is 5.73 Å². The zero-order valence-electron chi connectivity index (χ0n) is 10.2. The highest BCUT2D eigenvalue weighted by Crippen LogP contribution is 2.23. The number of nitrogen functional groups attached to an aromatic ring is 1. The first-order chi connectivity index (χ1) is 8.75. The smallest absolute Gasteiger partial charge is 0.0964 e. The molecule has 1 aromatic heterocycles. The predicted octanol–water partition coefficient (Wildman–Crippen LogP) is 3.23. The van der Waals surface area contributed by atoms with Crippen LogP contribution in [0.5, 0.6) is 0 Å². The van der Waals surface area contributed by atoms with Crippen molar-refractivity contribution in [3.8, 4) is 0 Å². The number of imidazole rings is 1. The quantitative estimate of drug-likeness (QED) is 0.695. The number of aromatic nitrogens is 2. The van der Waals surface area contributed by atoms with E-state index in [1.165, 1.54) is 5.56 Å². The fourth-order valence-electron chi connectivity index (χ4n) is 2.22. The van der Waals surface area contributed by atoms with Crippen LogP contribution in [0.25, 0.3) is 11.0 Å². The molecule has 0 fully saturated rings. The molecule has 3 nitrogen and oxygen atoms in total. The van der Waals surface area contributed by atoms with Gasteiger partial charge in [-0.15, -0.1) is 0 Å². The number of benzene rings is 2. The summed E-state index contributed by atoms with van der Waals surface area (Å²) in [5, 5.41) is 0. The summed E-state index contributed by atoms with van der Waals surface area (Å²) in [5.41, 5.74) is 9.92. The number of anilines is 1. The van der Waals surface area contributed by atoms with Crippen molar-refractivity contribution in [2.24, 2.45) is 0 Å². The lowest BCUT2D eigenvalue weighted by Gasteiger charge is -2.15. The molecule has 0 aliphatic rings. The van der Waals surface area contributed by atoms with Crippen LogP contribution in [0.15, 0.2) is 54.9 Å². The minimum Gasteiger partial charge on any atom is -0.399 e. The standard InChI is InChI=1S/C15H15N3/c1-11(12-6-8-13(16)9-7-12)18-10-17-14-4-2-3-5-15(14)18/h2-11H,16H2,1H3. The van der Waals surface area contributed by atoms with Gasteiger partial charge in [-0.05, 0) is 36.8 Å². The van der Waals surface area contributed by atoms with Crippen LogP contribution in [0.4, 0.5) is 5.69 Å². The summed E-state index contributed by atoms with van der Waals surface area (Å²) in [6.07, 6.45) is 1.89. The number of rotatable bonds is 2. The van der Waals surface area contributed by atoms with Gasteiger partial charge >= 0.3 is 0 Å². The van der Waals surface area contributed by atoms with Crippen LogP contribution in [0.3, 0.4) is 0 Å². The molecular formula is C15H15N3. The van der Waals surface area contributed by atoms with E-state index in [1.807, 2.05) is 36.7 Å². The normalized spacial score (nSPS) is 12.7. The SMILES string of the molecule is CC(c1ccc(N)cc1)n1cnc2ccccc21. The lowest BCUT2D eigenvalue weighted by atomic mass is 10.1. The van der Waals surface area contributed by atoms with Crippen LogP contribution in [0.2, 0.25) is 0 Å². The van der Waals surface area contributed by atoms with Gasteiger partial charge in [0, 0.05) is 5.69 Å². The van der Waals surface area contributed by atoms with E-state index in [0.717, 1.165) is 16.7 Å². The van der Waals surface area contributed by atoms with Crippen LogP contribution in [-0.4, -0.2) is 9.55 Å². The van der Waals surface area contributed by atoms with E-state index in [2.05, 4.69) is 34.7 Å². The number of nitrogens with zero attached hydrogens (tertiary/aromatic N) is 2. The van der Waals surface area contributed by atoms with E-state index in [-0.39, 0.29) is 6.04 Å². The molecule has 0 saturated heterocycles. The maximum absolute atomic E-state index is 5.72. The minimum absolute atomic E-state index is 0.248. The fraction of sp³-hybridized carbons (Fsp3) is 0.133. The van der Waals surface area contributed by atoms with Crippen LogP contribution in [0.1, 0.15) is 18.5 Å². The molecule has 1 atom stereocenters. The molecule has 3 heteroatoms. The molecule has 2 N–H and O–H groups in total. The topological polar surface area (TPSA) is 43.8 Å². The van der Waals surface area contributed by atoms with Crippen LogP contribution in [0, 0.1) is 0 Å². The van der Waals surface area contributed by atoms with Gasteiger partial charge in [-0.3, -0.25) is 0 Å². The average Bonchev–Trinajstić information content (AvgIpc) is 2.82. The van der Waals surface area contributed by atoms with Gasteiger partial charge in [0.1, 0.15) is 0 Å². The van der Waals surface area contributed by atoms with Gasteiger partial charge in [0.05, 0.1) is 23.4 Å². The van der Waals surface area contributed by atoms with Gasteiger partial charge in [0.25, 0.3) is 0 Å². The lowest BCUT2D eigenvalue weighted by molar-refractivity contribution is 0.658. The van der Waals surface area contributed by atoms with Crippen molar-refractivity contribution in [2.75, 3.05) is 5.73 Å². The Morgan fingerprint density at radius 1 is 1.06 bits per heavy atom. The van der Waals surface area contributed by atoms with Gasteiger partial charge in [0.15, 0.2) is 0 Å². The van der Waals surface area contributed by atoms with Gasteiger partial charge in [0.2, 0.25) is 0 Å². The van der Waals surface area contributed by atoms with Gasteiger partial charge in [-0.25, -0.2) is 4.98 Å². The van der Waals surface area contributed by atoms with Crippen molar-refractivity contribution in [2.45, 2.75) is 13.0 Å². The Kier molecular flexibility index (Phi) is 2.52. The zero-order chi connectivity index (χ0) is 12.5. The largest absolute Gasteiger partial charge is 0.399 e. The number of hydrogen-bond acceptors (Lipinski definition) is 2. The summed E-state index contributed by atoms with van der Waals surface area (Å²) in [4.78, 5) is 4.42. The second kappa shape index (κ2) is 4.18. The summed E-state index contributed by atoms with van der Waals surface area (Å²) < 4.78 is 2.18. The number of para-hydroxylation sites is 2. The minimum atomic E-state index is 0.248. The summed E-state index contributed by atoms with van der Waals surface area (Å²) in [6, 6.07) is 16.4. The molecule has 18 heavy (non-hydrogen) atoms. The average molecular weight is 237 g/mol. The summed E-state index contributed by atoms with van der Waals surface area (Å²) >= 11 is 0. The van der Waals surface area contributed by atoms with E-state index in [9.17, 15) is 0 Å². The number of hydrogen-bond donors (Lipinski definition) is 1. The molecule has 90 valence electrons. The van der Waals surface area contributed by atoms with Gasteiger partial charge in [-0.2, -0.15) is 0 Å². The first-order valence-corrected chi connectivity index (χ1v) is 6.03. The highest BCUT2D eigenvalue weighted by Gasteiger charge is 2.10. The molecule has 1 heterocycles. The highest BCUT2D eigenvalue weighted by molar-refractivity contribution is 5.75. The third kappa shape index (κ3) is 1.74. The van der Waals surface area contributed by atoms with E-state index >= 15 is 0 Å². The van der Waals surface area contributed by atoms with Crippen molar-refractivity contribution >= 4 is 16.7 Å². The molecule has 0 aliphatic heterocycles. The summed E-state index contributed by atoms with van der Waals surface area (Å²) in [5.74, 6) is 0. The Morgan fingerprint density at radius 3 is 2.56 bits per heavy atom. The summed E-state index contributed by atoms with van der Waals surface area (Å²) in [6.45, 7) is 2.17.